The maximum atomic E-state index is 13.8. The van der Waals surface area contributed by atoms with Gasteiger partial charge >= 0.3 is 0 Å². The van der Waals surface area contributed by atoms with Crippen LogP contribution in [-0.4, -0.2) is 10.9 Å². The first kappa shape index (κ1) is 19.1. The van der Waals surface area contributed by atoms with Crippen LogP contribution in [0.4, 0.5) is 10.1 Å². The molecule has 3 aromatic rings. The Labute approximate surface area is 162 Å². The van der Waals surface area contributed by atoms with Gasteiger partial charge in [0.1, 0.15) is 11.3 Å². The first-order valence-electron chi connectivity index (χ1n) is 8.60. The van der Waals surface area contributed by atoms with Gasteiger partial charge in [-0.3, -0.25) is 9.78 Å². The molecule has 0 bridgehead atoms. The molecular formula is C22H20ClFN2O. The number of para-hydroxylation sites is 1. The van der Waals surface area contributed by atoms with Crippen molar-refractivity contribution in [2.24, 2.45) is 5.41 Å². The molecule has 3 nitrogen and oxygen atoms in total. The molecule has 0 aliphatic rings. The Morgan fingerprint density at radius 3 is 2.67 bits per heavy atom. The Morgan fingerprint density at radius 1 is 1.22 bits per heavy atom. The first-order valence-corrected chi connectivity index (χ1v) is 8.98. The molecule has 138 valence electrons. The predicted octanol–water partition coefficient (Wildman–Crippen LogP) is 5.70. The van der Waals surface area contributed by atoms with E-state index in [1.54, 1.807) is 18.2 Å². The fourth-order valence-electron chi connectivity index (χ4n) is 3.17. The second-order valence-corrected chi connectivity index (χ2v) is 7.44. The maximum absolute atomic E-state index is 13.8. The molecule has 1 heterocycles. The molecule has 0 aliphatic heterocycles. The van der Waals surface area contributed by atoms with Gasteiger partial charge in [0.25, 0.3) is 0 Å². The minimum Gasteiger partial charge on any atom is -0.324 e. The van der Waals surface area contributed by atoms with E-state index in [9.17, 15) is 9.18 Å². The number of pyridine rings is 1. The highest BCUT2D eigenvalue weighted by Crippen LogP contribution is 2.33. The number of rotatable bonds is 6. The van der Waals surface area contributed by atoms with Crippen LogP contribution in [0.5, 0.6) is 0 Å². The van der Waals surface area contributed by atoms with E-state index in [1.165, 1.54) is 12.3 Å². The molecule has 27 heavy (non-hydrogen) atoms. The largest absolute Gasteiger partial charge is 0.324 e. The highest BCUT2D eigenvalue weighted by atomic mass is 35.5. The number of carbonyl (C=O) groups is 1. The standard InChI is InChI=1S/C22H20ClFN2O/c1-15(23)12-22(2,13-16-7-4-3-5-8-16)21(27)26-18-11-17-9-6-10-19(24)20(17)25-14-18/h3-11,14H,1,12-13H2,2H3,(H,26,27). The highest BCUT2D eigenvalue weighted by Gasteiger charge is 2.34. The van der Waals surface area contributed by atoms with Crippen LogP contribution >= 0.6 is 11.6 Å². The molecule has 3 rings (SSSR count). The lowest BCUT2D eigenvalue weighted by Gasteiger charge is -2.28. The number of aromatic nitrogens is 1. The molecule has 0 spiro atoms. The maximum Gasteiger partial charge on any atom is 0.231 e. The lowest BCUT2D eigenvalue weighted by molar-refractivity contribution is -0.124. The zero-order chi connectivity index (χ0) is 19.4. The quantitative estimate of drug-likeness (QED) is 0.593. The van der Waals surface area contributed by atoms with Crippen LogP contribution in [-0.2, 0) is 11.2 Å². The molecule has 0 saturated carbocycles. The third-order valence-corrected chi connectivity index (χ3v) is 4.62. The molecule has 5 heteroatoms. The van der Waals surface area contributed by atoms with Gasteiger partial charge in [-0.1, -0.05) is 67.6 Å². The molecule has 2 aromatic carbocycles. The third kappa shape index (κ3) is 4.52. The summed E-state index contributed by atoms with van der Waals surface area (Å²) in [6, 6.07) is 16.2. The van der Waals surface area contributed by atoms with E-state index in [2.05, 4.69) is 16.9 Å². The number of carbonyl (C=O) groups excluding carboxylic acids is 1. The number of amides is 1. The smallest absolute Gasteiger partial charge is 0.231 e. The number of allylic oxidation sites excluding steroid dienone is 1. The number of nitrogens with one attached hydrogen (secondary N) is 1. The summed E-state index contributed by atoms with van der Waals surface area (Å²) in [5.74, 6) is -0.580. The van der Waals surface area contributed by atoms with Gasteiger partial charge < -0.3 is 5.32 Å². The van der Waals surface area contributed by atoms with Crippen LogP contribution in [0.3, 0.4) is 0 Å². The van der Waals surface area contributed by atoms with Crippen LogP contribution in [0, 0.1) is 11.2 Å². The molecular weight excluding hydrogens is 363 g/mol. The lowest BCUT2D eigenvalue weighted by atomic mass is 9.79. The molecule has 1 aromatic heterocycles. The predicted molar refractivity (Wildman–Crippen MR) is 108 cm³/mol. The summed E-state index contributed by atoms with van der Waals surface area (Å²) in [4.78, 5) is 17.2. The molecule has 0 aliphatic carbocycles. The van der Waals surface area contributed by atoms with Gasteiger partial charge in [-0.05, 0) is 30.5 Å². The van der Waals surface area contributed by atoms with Crippen molar-refractivity contribution in [2.45, 2.75) is 19.8 Å². The summed E-state index contributed by atoms with van der Waals surface area (Å²) in [5, 5.41) is 3.94. The average molecular weight is 383 g/mol. The van der Waals surface area contributed by atoms with Gasteiger partial charge in [0, 0.05) is 10.4 Å². The van der Waals surface area contributed by atoms with Gasteiger partial charge in [-0.15, -0.1) is 0 Å². The summed E-state index contributed by atoms with van der Waals surface area (Å²) < 4.78 is 13.8. The van der Waals surface area contributed by atoms with E-state index >= 15 is 0 Å². The molecule has 0 fully saturated rings. The zero-order valence-electron chi connectivity index (χ0n) is 15.0. The minimum atomic E-state index is -0.781. The van der Waals surface area contributed by atoms with Gasteiger partial charge in [0.15, 0.2) is 0 Å². The Balaban J connectivity index is 1.86. The summed E-state index contributed by atoms with van der Waals surface area (Å²) in [7, 11) is 0. The van der Waals surface area contributed by atoms with Crippen molar-refractivity contribution in [2.75, 3.05) is 5.32 Å². The molecule has 1 atom stereocenters. The fourth-order valence-corrected chi connectivity index (χ4v) is 3.46. The van der Waals surface area contributed by atoms with Gasteiger partial charge in [0.05, 0.1) is 17.3 Å². The number of fused-ring (bicyclic) bond motifs is 1. The van der Waals surface area contributed by atoms with E-state index in [4.69, 9.17) is 11.6 Å². The normalized spacial score (nSPS) is 13.1. The van der Waals surface area contributed by atoms with Crippen LogP contribution in [0.15, 0.2) is 72.4 Å². The Kier molecular flexibility index (Phi) is 5.57. The van der Waals surface area contributed by atoms with E-state index < -0.39 is 11.2 Å². The minimum absolute atomic E-state index is 0.189. The van der Waals surface area contributed by atoms with Gasteiger partial charge in [-0.2, -0.15) is 0 Å². The highest BCUT2D eigenvalue weighted by molar-refractivity contribution is 6.29. The molecule has 1 N–H and O–H groups in total. The average Bonchev–Trinajstić information content (AvgIpc) is 2.62. The topological polar surface area (TPSA) is 42.0 Å². The van der Waals surface area contributed by atoms with E-state index in [0.29, 0.717) is 28.9 Å². The zero-order valence-corrected chi connectivity index (χ0v) is 15.8. The molecule has 1 unspecified atom stereocenters. The van der Waals surface area contributed by atoms with Crippen molar-refractivity contribution in [3.8, 4) is 0 Å². The number of anilines is 1. The van der Waals surface area contributed by atoms with Crippen LogP contribution in [0.2, 0.25) is 0 Å². The number of hydrogen-bond donors (Lipinski definition) is 1. The Hall–Kier alpha value is -2.72. The number of nitrogens with zero attached hydrogens (tertiary/aromatic N) is 1. The van der Waals surface area contributed by atoms with Crippen molar-refractivity contribution in [3.63, 3.8) is 0 Å². The van der Waals surface area contributed by atoms with Crippen LogP contribution in [0.25, 0.3) is 10.9 Å². The van der Waals surface area contributed by atoms with E-state index in [0.717, 1.165) is 5.56 Å². The molecule has 0 radical (unpaired) electrons. The van der Waals surface area contributed by atoms with E-state index in [-0.39, 0.29) is 11.4 Å². The lowest BCUT2D eigenvalue weighted by Crippen LogP contribution is -2.35. The van der Waals surface area contributed by atoms with Crippen molar-refractivity contribution in [1.82, 2.24) is 4.98 Å². The van der Waals surface area contributed by atoms with Crippen LogP contribution < -0.4 is 5.32 Å². The summed E-state index contributed by atoms with van der Waals surface area (Å²) >= 11 is 6.04. The molecule has 1 amide bonds. The number of halogens is 2. The number of hydrogen-bond acceptors (Lipinski definition) is 2. The SMILES string of the molecule is C=C(Cl)CC(C)(Cc1ccccc1)C(=O)Nc1cnc2c(F)cccc2c1. The summed E-state index contributed by atoms with van der Waals surface area (Å²) in [5.41, 5.74) is 1.04. The molecule has 0 saturated heterocycles. The second kappa shape index (κ2) is 7.89. The van der Waals surface area contributed by atoms with Crippen molar-refractivity contribution in [3.05, 3.63) is 83.8 Å². The van der Waals surface area contributed by atoms with Crippen molar-refractivity contribution in [1.29, 1.82) is 0 Å². The Bertz CT molecular complexity index is 990. The van der Waals surface area contributed by atoms with Crippen molar-refractivity contribution >= 4 is 34.1 Å². The summed E-state index contributed by atoms with van der Waals surface area (Å²) in [6.45, 7) is 5.61. The first-order chi connectivity index (χ1) is 12.9. The Morgan fingerprint density at radius 2 is 1.96 bits per heavy atom. The second-order valence-electron chi connectivity index (χ2n) is 6.91. The monoisotopic (exact) mass is 382 g/mol. The fraction of sp³-hybridized carbons (Fsp3) is 0.182. The third-order valence-electron chi connectivity index (χ3n) is 4.49. The van der Waals surface area contributed by atoms with Gasteiger partial charge in [-0.25, -0.2) is 4.39 Å². The van der Waals surface area contributed by atoms with Crippen molar-refractivity contribution < 1.29 is 9.18 Å². The number of benzene rings is 2. The van der Waals surface area contributed by atoms with E-state index in [1.807, 2.05) is 37.3 Å². The van der Waals surface area contributed by atoms with Gasteiger partial charge in [0.2, 0.25) is 5.91 Å². The van der Waals surface area contributed by atoms with Crippen LogP contribution in [0.1, 0.15) is 18.9 Å². The summed E-state index contributed by atoms with van der Waals surface area (Å²) in [6.07, 6.45) is 2.31.